The van der Waals surface area contributed by atoms with Gasteiger partial charge in [0.2, 0.25) is 10.0 Å². The Bertz CT molecular complexity index is 917. The zero-order chi connectivity index (χ0) is 19.9. The Hall–Kier alpha value is -1.81. The fraction of sp³-hybridized carbons (Fsp3) is 0.375. The molecular weight excluding hydrogens is 415 g/mol. The summed E-state index contributed by atoms with van der Waals surface area (Å²) in [6.07, 6.45) is 3.08. The molecule has 0 aliphatic heterocycles. The normalized spacial score (nSPS) is 11.4. The number of aromatic nitrogens is 2. The summed E-state index contributed by atoms with van der Waals surface area (Å²) in [6, 6.07) is 6.89. The number of sulfonamides is 1. The van der Waals surface area contributed by atoms with E-state index in [2.05, 4.69) is 15.1 Å². The SMILES string of the molecule is CS(=O)(=O)NCCCNc1cnn(CCOc2ccc(Cl)cc2)c(=O)c1Cl. The number of nitrogens with one attached hydrogen (secondary N) is 2. The molecule has 1 aromatic heterocycles. The fourth-order valence-electron chi connectivity index (χ4n) is 2.10. The molecule has 8 nitrogen and oxygen atoms in total. The average molecular weight is 435 g/mol. The molecule has 2 rings (SSSR count). The van der Waals surface area contributed by atoms with Crippen LogP contribution in [0.3, 0.4) is 0 Å². The van der Waals surface area contributed by atoms with Gasteiger partial charge in [0, 0.05) is 18.1 Å². The first kappa shape index (κ1) is 21.5. The average Bonchev–Trinajstić information content (AvgIpc) is 2.60. The van der Waals surface area contributed by atoms with Gasteiger partial charge in [0.05, 0.1) is 24.7 Å². The van der Waals surface area contributed by atoms with Crippen LogP contribution < -0.4 is 20.3 Å². The van der Waals surface area contributed by atoms with Gasteiger partial charge in [0.25, 0.3) is 5.56 Å². The van der Waals surface area contributed by atoms with E-state index in [1.807, 2.05) is 0 Å². The molecule has 2 aromatic rings. The Morgan fingerprint density at radius 1 is 1.19 bits per heavy atom. The number of benzene rings is 1. The zero-order valence-corrected chi connectivity index (χ0v) is 16.9. The molecule has 0 unspecified atom stereocenters. The standard InChI is InChI=1S/C16H20Cl2N4O4S/c1-27(24,25)21-8-2-7-19-14-11-20-22(16(23)15(14)18)9-10-26-13-5-3-12(17)4-6-13/h3-6,11,19,21H,2,7-10H2,1H3. The molecule has 0 saturated carbocycles. The van der Waals surface area contributed by atoms with Crippen molar-refractivity contribution in [1.82, 2.24) is 14.5 Å². The van der Waals surface area contributed by atoms with E-state index in [0.717, 1.165) is 6.26 Å². The molecule has 0 aliphatic rings. The summed E-state index contributed by atoms with van der Waals surface area (Å²) in [5.74, 6) is 0.638. The first-order valence-electron chi connectivity index (χ1n) is 8.09. The summed E-state index contributed by atoms with van der Waals surface area (Å²) in [4.78, 5) is 12.3. The Morgan fingerprint density at radius 2 is 1.89 bits per heavy atom. The van der Waals surface area contributed by atoms with Crippen LogP contribution in [0.25, 0.3) is 0 Å². The summed E-state index contributed by atoms with van der Waals surface area (Å²) in [6.45, 7) is 1.21. The fourth-order valence-corrected chi connectivity index (χ4v) is 2.95. The highest BCUT2D eigenvalue weighted by atomic mass is 35.5. The molecular formula is C16H20Cl2N4O4S. The summed E-state index contributed by atoms with van der Waals surface area (Å²) in [7, 11) is -3.21. The van der Waals surface area contributed by atoms with Crippen LogP contribution in [0.5, 0.6) is 5.75 Å². The van der Waals surface area contributed by atoms with Crippen LogP contribution in [0.15, 0.2) is 35.3 Å². The summed E-state index contributed by atoms with van der Waals surface area (Å²) >= 11 is 11.9. The molecule has 0 amide bonds. The van der Waals surface area contributed by atoms with Crippen molar-refractivity contribution in [2.24, 2.45) is 0 Å². The summed E-state index contributed by atoms with van der Waals surface area (Å²) in [5.41, 5.74) is -0.0356. The third kappa shape index (κ3) is 7.37. The third-order valence-corrected chi connectivity index (χ3v) is 4.75. The van der Waals surface area contributed by atoms with Gasteiger partial charge in [-0.05, 0) is 30.7 Å². The first-order chi connectivity index (χ1) is 12.8. The largest absolute Gasteiger partial charge is 0.492 e. The van der Waals surface area contributed by atoms with Gasteiger partial charge in [-0.3, -0.25) is 4.79 Å². The number of halogens is 2. The van der Waals surface area contributed by atoms with Gasteiger partial charge in [-0.15, -0.1) is 0 Å². The van der Waals surface area contributed by atoms with E-state index in [-0.39, 0.29) is 24.7 Å². The van der Waals surface area contributed by atoms with Crippen molar-refractivity contribution in [1.29, 1.82) is 0 Å². The van der Waals surface area contributed by atoms with E-state index < -0.39 is 15.6 Å². The highest BCUT2D eigenvalue weighted by Crippen LogP contribution is 2.16. The van der Waals surface area contributed by atoms with Crippen LogP contribution in [0.4, 0.5) is 5.69 Å². The smallest absolute Gasteiger partial charge is 0.287 e. The van der Waals surface area contributed by atoms with Crippen molar-refractivity contribution < 1.29 is 13.2 Å². The Kier molecular flexibility index (Phi) is 7.91. The van der Waals surface area contributed by atoms with E-state index in [0.29, 0.717) is 29.4 Å². The second-order valence-corrected chi connectivity index (χ2v) is 8.30. The van der Waals surface area contributed by atoms with Crippen LogP contribution in [0.1, 0.15) is 6.42 Å². The van der Waals surface area contributed by atoms with Crippen LogP contribution in [-0.4, -0.2) is 44.2 Å². The van der Waals surface area contributed by atoms with Crippen molar-refractivity contribution in [2.45, 2.75) is 13.0 Å². The van der Waals surface area contributed by atoms with Crippen LogP contribution in [0, 0.1) is 0 Å². The quantitative estimate of drug-likeness (QED) is 0.554. The maximum Gasteiger partial charge on any atom is 0.287 e. The number of ether oxygens (including phenoxy) is 1. The second kappa shape index (κ2) is 9.93. The topological polar surface area (TPSA) is 102 Å². The van der Waals surface area contributed by atoms with Gasteiger partial charge in [-0.1, -0.05) is 23.2 Å². The molecule has 2 N–H and O–H groups in total. The van der Waals surface area contributed by atoms with E-state index in [9.17, 15) is 13.2 Å². The summed E-state index contributed by atoms with van der Waals surface area (Å²) in [5, 5.41) is 7.67. The molecule has 0 spiro atoms. The number of nitrogens with zero attached hydrogens (tertiary/aromatic N) is 2. The van der Waals surface area contributed by atoms with Crippen molar-refractivity contribution in [2.75, 3.05) is 31.3 Å². The number of hydrogen-bond acceptors (Lipinski definition) is 6. The maximum absolute atomic E-state index is 12.3. The van der Waals surface area contributed by atoms with Crippen molar-refractivity contribution in [3.8, 4) is 5.75 Å². The minimum atomic E-state index is -3.21. The number of rotatable bonds is 10. The lowest BCUT2D eigenvalue weighted by molar-refractivity contribution is 0.288. The van der Waals surface area contributed by atoms with E-state index in [1.165, 1.54) is 10.9 Å². The third-order valence-electron chi connectivity index (χ3n) is 3.40. The highest BCUT2D eigenvalue weighted by molar-refractivity contribution is 7.88. The predicted octanol–water partition coefficient (Wildman–Crippen LogP) is 1.98. The lowest BCUT2D eigenvalue weighted by Crippen LogP contribution is -2.27. The van der Waals surface area contributed by atoms with Gasteiger partial charge in [0.1, 0.15) is 17.4 Å². The minimum Gasteiger partial charge on any atom is -0.492 e. The Morgan fingerprint density at radius 3 is 2.56 bits per heavy atom. The molecule has 27 heavy (non-hydrogen) atoms. The van der Waals surface area contributed by atoms with Crippen molar-refractivity contribution >= 4 is 38.9 Å². The second-order valence-electron chi connectivity index (χ2n) is 5.65. The number of hydrogen-bond donors (Lipinski definition) is 2. The Balaban J connectivity index is 1.84. The first-order valence-corrected chi connectivity index (χ1v) is 10.7. The minimum absolute atomic E-state index is 0.0209. The highest BCUT2D eigenvalue weighted by Gasteiger charge is 2.09. The molecule has 1 aromatic carbocycles. The van der Waals surface area contributed by atoms with Crippen molar-refractivity contribution in [3.63, 3.8) is 0 Å². The lowest BCUT2D eigenvalue weighted by atomic mass is 10.3. The van der Waals surface area contributed by atoms with E-state index in [1.54, 1.807) is 24.3 Å². The molecule has 0 aliphatic carbocycles. The van der Waals surface area contributed by atoms with Gasteiger partial charge in [0.15, 0.2) is 0 Å². The van der Waals surface area contributed by atoms with Gasteiger partial charge in [-0.25, -0.2) is 17.8 Å². The molecule has 0 radical (unpaired) electrons. The lowest BCUT2D eigenvalue weighted by Gasteiger charge is -2.11. The molecule has 0 atom stereocenters. The van der Waals surface area contributed by atoms with Gasteiger partial charge >= 0.3 is 0 Å². The van der Waals surface area contributed by atoms with Crippen LogP contribution in [0.2, 0.25) is 10.0 Å². The summed E-state index contributed by atoms with van der Waals surface area (Å²) < 4.78 is 31.1. The molecule has 0 bridgehead atoms. The van der Waals surface area contributed by atoms with Crippen LogP contribution in [-0.2, 0) is 16.6 Å². The molecule has 1 heterocycles. The maximum atomic E-state index is 12.3. The van der Waals surface area contributed by atoms with E-state index in [4.69, 9.17) is 27.9 Å². The predicted molar refractivity (Wildman–Crippen MR) is 106 cm³/mol. The van der Waals surface area contributed by atoms with Gasteiger partial charge < -0.3 is 10.1 Å². The molecule has 0 fully saturated rings. The zero-order valence-electron chi connectivity index (χ0n) is 14.6. The van der Waals surface area contributed by atoms with E-state index >= 15 is 0 Å². The molecule has 11 heteroatoms. The number of anilines is 1. The van der Waals surface area contributed by atoms with Gasteiger partial charge in [-0.2, -0.15) is 5.10 Å². The molecule has 0 saturated heterocycles. The van der Waals surface area contributed by atoms with Crippen molar-refractivity contribution in [3.05, 3.63) is 50.9 Å². The Labute approximate surface area is 167 Å². The van der Waals surface area contributed by atoms with Crippen LogP contribution >= 0.6 is 23.2 Å². The monoisotopic (exact) mass is 434 g/mol. The molecule has 148 valence electrons.